The smallest absolute Gasteiger partial charge is 0.260 e. The number of nitrogens with zero attached hydrogens (tertiary/aromatic N) is 1. The summed E-state index contributed by atoms with van der Waals surface area (Å²) in [6, 6.07) is 3.69. The zero-order valence-corrected chi connectivity index (χ0v) is 13.5. The van der Waals surface area contributed by atoms with E-state index >= 15 is 0 Å². The summed E-state index contributed by atoms with van der Waals surface area (Å²) >= 11 is 6.11. The average Bonchev–Trinajstić information content (AvgIpc) is 2.35. The van der Waals surface area contributed by atoms with Crippen molar-refractivity contribution in [3.8, 4) is 5.75 Å². The largest absolute Gasteiger partial charge is 0.481 e. The van der Waals surface area contributed by atoms with Gasteiger partial charge in [-0.15, -0.1) is 0 Å². The van der Waals surface area contributed by atoms with E-state index in [2.05, 4.69) is 5.32 Å². The Hall–Kier alpha value is -1.26. The van der Waals surface area contributed by atoms with E-state index < -0.39 is 6.10 Å². The minimum absolute atomic E-state index is 0.114. The minimum Gasteiger partial charge on any atom is -0.481 e. The van der Waals surface area contributed by atoms with E-state index in [4.69, 9.17) is 16.3 Å². The van der Waals surface area contributed by atoms with Crippen LogP contribution in [0.3, 0.4) is 0 Å². The number of hydrogen-bond donors (Lipinski definition) is 1. The van der Waals surface area contributed by atoms with Crippen LogP contribution in [0.1, 0.15) is 18.1 Å². The standard InChI is InChI=1S/C15H23ClN2O2/c1-10-8-13(9-11(2)14(10)16)20-12(3)15(19)17-6-7-18(4)5/h8-9,12H,6-7H2,1-5H3,(H,17,19)/t12-/m0/s1. The topological polar surface area (TPSA) is 41.6 Å². The molecule has 0 saturated carbocycles. The summed E-state index contributed by atoms with van der Waals surface area (Å²) < 4.78 is 5.67. The number of ether oxygens (including phenoxy) is 1. The van der Waals surface area contributed by atoms with E-state index in [9.17, 15) is 4.79 Å². The SMILES string of the molecule is Cc1cc(O[C@@H](C)C(=O)NCCN(C)C)cc(C)c1Cl. The van der Waals surface area contributed by atoms with Gasteiger partial charge in [-0.2, -0.15) is 0 Å². The highest BCUT2D eigenvalue weighted by molar-refractivity contribution is 6.32. The normalized spacial score (nSPS) is 12.3. The first-order chi connectivity index (χ1) is 9.31. The van der Waals surface area contributed by atoms with Crippen LogP contribution in [-0.2, 0) is 4.79 Å². The highest BCUT2D eigenvalue weighted by atomic mass is 35.5. The minimum atomic E-state index is -0.530. The molecule has 112 valence electrons. The maximum Gasteiger partial charge on any atom is 0.260 e. The van der Waals surface area contributed by atoms with Gasteiger partial charge in [-0.25, -0.2) is 0 Å². The quantitative estimate of drug-likeness (QED) is 0.877. The summed E-state index contributed by atoms with van der Waals surface area (Å²) in [4.78, 5) is 13.9. The molecule has 1 amide bonds. The third kappa shape index (κ3) is 5.02. The van der Waals surface area contributed by atoms with Crippen molar-refractivity contribution in [2.24, 2.45) is 0 Å². The van der Waals surface area contributed by atoms with Crippen molar-refractivity contribution in [2.75, 3.05) is 27.2 Å². The molecule has 5 heteroatoms. The van der Waals surface area contributed by atoms with Gasteiger partial charge < -0.3 is 15.0 Å². The van der Waals surface area contributed by atoms with E-state index in [1.807, 2.05) is 45.0 Å². The fourth-order valence-corrected chi connectivity index (χ4v) is 1.89. The van der Waals surface area contributed by atoms with Gasteiger partial charge in [0, 0.05) is 18.1 Å². The molecule has 0 aliphatic carbocycles. The number of amides is 1. The molecule has 4 nitrogen and oxygen atoms in total. The second-order valence-electron chi connectivity index (χ2n) is 5.23. The average molecular weight is 299 g/mol. The molecule has 0 fully saturated rings. The number of benzene rings is 1. The Morgan fingerprint density at radius 2 is 1.90 bits per heavy atom. The van der Waals surface area contributed by atoms with Crippen molar-refractivity contribution in [1.29, 1.82) is 0 Å². The number of aryl methyl sites for hydroxylation is 2. The molecule has 20 heavy (non-hydrogen) atoms. The Balaban J connectivity index is 2.57. The summed E-state index contributed by atoms with van der Waals surface area (Å²) in [7, 11) is 3.93. The number of carbonyl (C=O) groups excluding carboxylic acids is 1. The summed E-state index contributed by atoms with van der Waals surface area (Å²) in [6.07, 6.45) is -0.530. The van der Waals surface area contributed by atoms with Gasteiger partial charge in [-0.05, 0) is 58.1 Å². The van der Waals surface area contributed by atoms with Gasteiger partial charge in [0.05, 0.1) is 0 Å². The predicted octanol–water partition coefficient (Wildman–Crippen LogP) is 2.40. The first kappa shape index (κ1) is 16.8. The number of likely N-dealkylation sites (N-methyl/N-ethyl adjacent to an activating group) is 1. The highest BCUT2D eigenvalue weighted by Gasteiger charge is 2.15. The van der Waals surface area contributed by atoms with Crippen LogP contribution in [0.15, 0.2) is 12.1 Å². The van der Waals surface area contributed by atoms with Crippen molar-refractivity contribution in [2.45, 2.75) is 26.9 Å². The molecule has 1 rings (SSSR count). The second-order valence-corrected chi connectivity index (χ2v) is 5.60. The number of carbonyl (C=O) groups is 1. The van der Waals surface area contributed by atoms with Crippen LogP contribution < -0.4 is 10.1 Å². The van der Waals surface area contributed by atoms with Gasteiger partial charge in [0.2, 0.25) is 0 Å². The molecular weight excluding hydrogens is 276 g/mol. The Labute approximate surface area is 126 Å². The number of rotatable bonds is 6. The fourth-order valence-electron chi connectivity index (χ4n) is 1.78. The van der Waals surface area contributed by atoms with Gasteiger partial charge in [-0.3, -0.25) is 4.79 Å². The van der Waals surface area contributed by atoms with Crippen LogP contribution >= 0.6 is 11.6 Å². The van der Waals surface area contributed by atoms with Crippen LogP contribution in [0.4, 0.5) is 0 Å². The van der Waals surface area contributed by atoms with Crippen LogP contribution in [0.25, 0.3) is 0 Å². The lowest BCUT2D eigenvalue weighted by Gasteiger charge is -2.17. The molecule has 0 radical (unpaired) electrons. The Kier molecular flexibility index (Phi) is 6.30. The molecule has 0 heterocycles. The molecule has 1 aromatic rings. The van der Waals surface area contributed by atoms with Crippen LogP contribution in [-0.4, -0.2) is 44.1 Å². The van der Waals surface area contributed by atoms with E-state index in [0.717, 1.165) is 22.7 Å². The molecule has 0 spiro atoms. The molecule has 0 unspecified atom stereocenters. The van der Waals surface area contributed by atoms with Gasteiger partial charge in [0.15, 0.2) is 6.10 Å². The molecule has 0 aliphatic heterocycles. The summed E-state index contributed by atoms with van der Waals surface area (Å²) in [5, 5.41) is 3.58. The lowest BCUT2D eigenvalue weighted by atomic mass is 10.1. The van der Waals surface area contributed by atoms with Gasteiger partial charge in [-0.1, -0.05) is 11.6 Å². The molecule has 0 aromatic heterocycles. The van der Waals surface area contributed by atoms with Crippen molar-refractivity contribution >= 4 is 17.5 Å². The highest BCUT2D eigenvalue weighted by Crippen LogP contribution is 2.26. The van der Waals surface area contributed by atoms with Crippen molar-refractivity contribution in [1.82, 2.24) is 10.2 Å². The van der Waals surface area contributed by atoms with E-state index in [1.54, 1.807) is 6.92 Å². The zero-order valence-electron chi connectivity index (χ0n) is 12.8. The predicted molar refractivity (Wildman–Crippen MR) is 82.6 cm³/mol. The maximum atomic E-state index is 11.9. The zero-order chi connectivity index (χ0) is 15.3. The molecule has 1 aromatic carbocycles. The summed E-state index contributed by atoms with van der Waals surface area (Å²) in [5.74, 6) is 0.553. The second kappa shape index (κ2) is 7.50. The molecule has 0 bridgehead atoms. The number of nitrogens with one attached hydrogen (secondary N) is 1. The van der Waals surface area contributed by atoms with Crippen molar-refractivity contribution in [3.63, 3.8) is 0 Å². The Bertz CT molecular complexity index is 452. The molecule has 0 aliphatic rings. The third-order valence-corrected chi connectivity index (χ3v) is 3.55. The molecular formula is C15H23ClN2O2. The van der Waals surface area contributed by atoms with E-state index in [1.165, 1.54) is 0 Å². The van der Waals surface area contributed by atoms with Crippen LogP contribution in [0.2, 0.25) is 5.02 Å². The fraction of sp³-hybridized carbons (Fsp3) is 0.533. The van der Waals surface area contributed by atoms with Gasteiger partial charge in [0.25, 0.3) is 5.91 Å². The van der Waals surface area contributed by atoms with Crippen LogP contribution in [0.5, 0.6) is 5.75 Å². The summed E-state index contributed by atoms with van der Waals surface area (Å²) in [5.41, 5.74) is 1.89. The lowest BCUT2D eigenvalue weighted by Crippen LogP contribution is -2.39. The Morgan fingerprint density at radius 3 is 2.40 bits per heavy atom. The van der Waals surface area contributed by atoms with Crippen LogP contribution in [0, 0.1) is 13.8 Å². The van der Waals surface area contributed by atoms with Gasteiger partial charge in [0.1, 0.15) is 5.75 Å². The maximum absolute atomic E-state index is 11.9. The third-order valence-electron chi connectivity index (χ3n) is 2.95. The Morgan fingerprint density at radius 1 is 1.35 bits per heavy atom. The van der Waals surface area contributed by atoms with Crippen molar-refractivity contribution in [3.05, 3.63) is 28.3 Å². The molecule has 1 N–H and O–H groups in total. The van der Waals surface area contributed by atoms with E-state index in [-0.39, 0.29) is 5.91 Å². The number of hydrogen-bond acceptors (Lipinski definition) is 3. The monoisotopic (exact) mass is 298 g/mol. The molecule has 0 saturated heterocycles. The lowest BCUT2D eigenvalue weighted by molar-refractivity contribution is -0.127. The number of halogens is 1. The summed E-state index contributed by atoms with van der Waals surface area (Å²) in [6.45, 7) is 6.99. The van der Waals surface area contributed by atoms with Gasteiger partial charge >= 0.3 is 0 Å². The molecule has 1 atom stereocenters. The van der Waals surface area contributed by atoms with E-state index in [0.29, 0.717) is 12.3 Å². The first-order valence-electron chi connectivity index (χ1n) is 6.67. The first-order valence-corrected chi connectivity index (χ1v) is 7.05. The van der Waals surface area contributed by atoms with Crippen molar-refractivity contribution < 1.29 is 9.53 Å².